The van der Waals surface area contributed by atoms with Gasteiger partial charge in [0.25, 0.3) is 0 Å². The van der Waals surface area contributed by atoms with Crippen molar-refractivity contribution < 1.29 is 0 Å². The van der Waals surface area contributed by atoms with E-state index >= 15 is 0 Å². The molecular weight excluding hydrogens is 288 g/mol. The van der Waals surface area contributed by atoms with Crippen molar-refractivity contribution in [2.24, 2.45) is 0 Å². The molecule has 0 bridgehead atoms. The number of thioether (sulfide) groups is 2. The van der Waals surface area contributed by atoms with Crippen LogP contribution in [0.25, 0.3) is 0 Å². The SMILES string of the molecule is Brc1ccc(CCC2SCCCS2)cc1. The molecular formula is C12H15BrS2. The third-order valence-electron chi connectivity index (χ3n) is 2.48. The lowest BCUT2D eigenvalue weighted by Crippen LogP contribution is -2.07. The van der Waals surface area contributed by atoms with Crippen molar-refractivity contribution >= 4 is 39.5 Å². The van der Waals surface area contributed by atoms with E-state index < -0.39 is 0 Å². The highest BCUT2D eigenvalue weighted by Crippen LogP contribution is 2.33. The Bertz CT molecular complexity index is 291. The average Bonchev–Trinajstić information content (AvgIpc) is 2.30. The van der Waals surface area contributed by atoms with Gasteiger partial charge >= 0.3 is 0 Å². The predicted molar refractivity (Wildman–Crippen MR) is 75.8 cm³/mol. The second-order valence-electron chi connectivity index (χ2n) is 3.69. The van der Waals surface area contributed by atoms with Gasteiger partial charge < -0.3 is 0 Å². The van der Waals surface area contributed by atoms with Crippen molar-refractivity contribution in [2.45, 2.75) is 23.8 Å². The summed E-state index contributed by atoms with van der Waals surface area (Å²) in [6.45, 7) is 0. The zero-order valence-electron chi connectivity index (χ0n) is 8.62. The molecule has 1 aliphatic rings. The minimum Gasteiger partial charge on any atom is -0.148 e. The predicted octanol–water partition coefficient (Wildman–Crippen LogP) is 4.58. The van der Waals surface area contributed by atoms with Crippen LogP contribution in [0, 0.1) is 0 Å². The summed E-state index contributed by atoms with van der Waals surface area (Å²) >= 11 is 7.74. The number of rotatable bonds is 3. The van der Waals surface area contributed by atoms with E-state index in [-0.39, 0.29) is 0 Å². The maximum absolute atomic E-state index is 3.46. The molecule has 0 atom stereocenters. The van der Waals surface area contributed by atoms with E-state index in [0.717, 1.165) is 4.58 Å². The van der Waals surface area contributed by atoms with Gasteiger partial charge in [-0.2, -0.15) is 0 Å². The number of hydrogen-bond donors (Lipinski definition) is 0. The smallest absolute Gasteiger partial charge is 0.0505 e. The largest absolute Gasteiger partial charge is 0.148 e. The van der Waals surface area contributed by atoms with Gasteiger partial charge in [-0.05, 0) is 48.5 Å². The van der Waals surface area contributed by atoms with Gasteiger partial charge in [-0.15, -0.1) is 23.5 Å². The molecule has 2 rings (SSSR count). The van der Waals surface area contributed by atoms with E-state index in [4.69, 9.17) is 0 Å². The van der Waals surface area contributed by atoms with E-state index in [0.29, 0.717) is 0 Å². The molecule has 0 unspecified atom stereocenters. The molecule has 1 fully saturated rings. The lowest BCUT2D eigenvalue weighted by molar-refractivity contribution is 0.894. The molecule has 0 aromatic heterocycles. The Kier molecular flexibility index (Phi) is 4.92. The van der Waals surface area contributed by atoms with Gasteiger partial charge in [0.05, 0.1) is 4.58 Å². The molecule has 82 valence electrons. The third kappa shape index (κ3) is 4.04. The molecule has 1 saturated heterocycles. The highest BCUT2D eigenvalue weighted by atomic mass is 79.9. The Morgan fingerprint density at radius 2 is 1.80 bits per heavy atom. The fourth-order valence-electron chi connectivity index (χ4n) is 1.64. The molecule has 0 spiro atoms. The molecule has 0 aliphatic carbocycles. The van der Waals surface area contributed by atoms with Crippen LogP contribution in [-0.4, -0.2) is 16.1 Å². The van der Waals surface area contributed by atoms with Crippen LogP contribution in [0.4, 0.5) is 0 Å². The van der Waals surface area contributed by atoms with Crippen LogP contribution >= 0.6 is 39.5 Å². The first kappa shape index (κ1) is 11.9. The fraction of sp³-hybridized carbons (Fsp3) is 0.500. The van der Waals surface area contributed by atoms with Crippen LogP contribution in [0.15, 0.2) is 28.7 Å². The van der Waals surface area contributed by atoms with Crippen LogP contribution in [0.2, 0.25) is 0 Å². The molecule has 1 aromatic carbocycles. The highest BCUT2D eigenvalue weighted by molar-refractivity contribution is 9.10. The summed E-state index contributed by atoms with van der Waals surface area (Å²) in [6.07, 6.45) is 3.93. The zero-order chi connectivity index (χ0) is 10.5. The fourth-order valence-corrected chi connectivity index (χ4v) is 4.76. The van der Waals surface area contributed by atoms with Crippen LogP contribution in [0.3, 0.4) is 0 Å². The lowest BCUT2D eigenvalue weighted by Gasteiger charge is -2.20. The van der Waals surface area contributed by atoms with Gasteiger partial charge in [0.1, 0.15) is 0 Å². The van der Waals surface area contributed by atoms with Crippen molar-refractivity contribution in [1.29, 1.82) is 0 Å². The first-order valence-electron chi connectivity index (χ1n) is 5.32. The van der Waals surface area contributed by atoms with Crippen LogP contribution in [0.5, 0.6) is 0 Å². The highest BCUT2D eigenvalue weighted by Gasteiger charge is 2.13. The first-order valence-corrected chi connectivity index (χ1v) is 8.21. The molecule has 0 radical (unpaired) electrons. The Hall–Kier alpha value is 0.400. The van der Waals surface area contributed by atoms with E-state index in [2.05, 4.69) is 63.7 Å². The van der Waals surface area contributed by atoms with Crippen molar-refractivity contribution in [1.82, 2.24) is 0 Å². The molecule has 1 aliphatic heterocycles. The second kappa shape index (κ2) is 6.21. The summed E-state index contributed by atoms with van der Waals surface area (Å²) in [7, 11) is 0. The van der Waals surface area contributed by atoms with E-state index in [1.165, 1.54) is 40.8 Å². The normalized spacial score (nSPS) is 17.9. The molecule has 0 amide bonds. The molecule has 0 N–H and O–H groups in total. The number of halogens is 1. The topological polar surface area (TPSA) is 0 Å². The van der Waals surface area contributed by atoms with Gasteiger partial charge in [-0.3, -0.25) is 0 Å². The van der Waals surface area contributed by atoms with Gasteiger partial charge in [0.2, 0.25) is 0 Å². The Labute approximate surface area is 109 Å². The standard InChI is InChI=1S/C12H15BrS2/c13-11-5-2-10(3-6-11)4-7-12-14-8-1-9-15-12/h2-3,5-6,12H,1,4,7-9H2. The third-order valence-corrected chi connectivity index (χ3v) is 6.09. The van der Waals surface area contributed by atoms with Gasteiger partial charge in [-0.1, -0.05) is 28.1 Å². The average molecular weight is 303 g/mol. The minimum absolute atomic E-state index is 0.836. The van der Waals surface area contributed by atoms with Crippen LogP contribution in [-0.2, 0) is 6.42 Å². The van der Waals surface area contributed by atoms with Crippen molar-refractivity contribution in [2.75, 3.05) is 11.5 Å². The first-order chi connectivity index (χ1) is 7.34. The zero-order valence-corrected chi connectivity index (χ0v) is 11.8. The number of hydrogen-bond acceptors (Lipinski definition) is 2. The Morgan fingerprint density at radius 1 is 1.13 bits per heavy atom. The molecule has 3 heteroatoms. The van der Waals surface area contributed by atoms with Gasteiger partial charge in [-0.25, -0.2) is 0 Å². The summed E-state index contributed by atoms with van der Waals surface area (Å²) < 4.78 is 2.01. The minimum atomic E-state index is 0.836. The number of benzene rings is 1. The van der Waals surface area contributed by atoms with E-state index in [1.54, 1.807) is 0 Å². The molecule has 0 saturated carbocycles. The summed E-state index contributed by atoms with van der Waals surface area (Å²) in [6, 6.07) is 8.72. The van der Waals surface area contributed by atoms with E-state index in [9.17, 15) is 0 Å². The van der Waals surface area contributed by atoms with Crippen molar-refractivity contribution in [3.8, 4) is 0 Å². The summed E-state index contributed by atoms with van der Waals surface area (Å²) in [5.74, 6) is 2.72. The molecule has 1 aromatic rings. The molecule has 1 heterocycles. The van der Waals surface area contributed by atoms with Crippen molar-refractivity contribution in [3.63, 3.8) is 0 Å². The summed E-state index contributed by atoms with van der Waals surface area (Å²) in [5, 5.41) is 0. The van der Waals surface area contributed by atoms with Crippen LogP contribution in [0.1, 0.15) is 18.4 Å². The number of aryl methyl sites for hydroxylation is 1. The van der Waals surface area contributed by atoms with Crippen molar-refractivity contribution in [3.05, 3.63) is 34.3 Å². The summed E-state index contributed by atoms with van der Waals surface area (Å²) in [5.41, 5.74) is 1.46. The van der Waals surface area contributed by atoms with Gasteiger partial charge in [0, 0.05) is 4.47 Å². The monoisotopic (exact) mass is 302 g/mol. The quantitative estimate of drug-likeness (QED) is 0.802. The maximum atomic E-state index is 3.46. The maximum Gasteiger partial charge on any atom is 0.0505 e. The molecule has 0 nitrogen and oxygen atoms in total. The lowest BCUT2D eigenvalue weighted by atomic mass is 10.1. The molecule has 15 heavy (non-hydrogen) atoms. The summed E-state index contributed by atoms with van der Waals surface area (Å²) in [4.78, 5) is 0. The second-order valence-corrected chi connectivity index (χ2v) is 7.53. The Balaban J connectivity index is 1.79. The Morgan fingerprint density at radius 3 is 2.47 bits per heavy atom. The van der Waals surface area contributed by atoms with Gasteiger partial charge in [0.15, 0.2) is 0 Å². The van der Waals surface area contributed by atoms with Crippen LogP contribution < -0.4 is 0 Å². The van der Waals surface area contributed by atoms with E-state index in [1.807, 2.05) is 0 Å².